The number of carbonyl (C=O) groups excluding carboxylic acids is 1. The van der Waals surface area contributed by atoms with Gasteiger partial charge in [-0.1, -0.05) is 32.9 Å². The van der Waals surface area contributed by atoms with E-state index in [4.69, 9.17) is 23.4 Å². The number of ether oxygens (including phenoxy) is 4. The van der Waals surface area contributed by atoms with Gasteiger partial charge in [-0.2, -0.15) is 0 Å². The van der Waals surface area contributed by atoms with E-state index >= 15 is 0 Å². The molecule has 6 nitrogen and oxygen atoms in total. The highest BCUT2D eigenvalue weighted by molar-refractivity contribution is 6.74. The summed E-state index contributed by atoms with van der Waals surface area (Å²) in [6.07, 6.45) is 1.62. The van der Waals surface area contributed by atoms with Crippen LogP contribution < -0.4 is 18.6 Å². The number of carbonyl (C=O) groups is 1. The molecule has 1 heterocycles. The molecule has 0 amide bonds. The fourth-order valence-corrected chi connectivity index (χ4v) is 4.66. The van der Waals surface area contributed by atoms with Crippen LogP contribution in [-0.2, 0) is 11.2 Å². The molecule has 2 aromatic carbocycles. The average molecular weight is 487 g/mol. The van der Waals surface area contributed by atoms with Crippen LogP contribution in [0.25, 0.3) is 0 Å². The molecule has 0 unspecified atom stereocenters. The second kappa shape index (κ2) is 9.62. The Hall–Kier alpha value is -2.51. The molecule has 186 valence electrons. The minimum Gasteiger partial charge on any atom is -0.539 e. The van der Waals surface area contributed by atoms with E-state index in [0.717, 1.165) is 18.4 Å². The zero-order valence-corrected chi connectivity index (χ0v) is 23.0. The SMILES string of the molecule is COCOc1ccccc1C(=O)c1cc2c(c(O[Si](C)(C)C(C)(C)C)c1OC)OC(C)(C)CC2. The van der Waals surface area contributed by atoms with E-state index < -0.39 is 8.32 Å². The number of hydrogen-bond acceptors (Lipinski definition) is 6. The molecule has 0 atom stereocenters. The van der Waals surface area contributed by atoms with Gasteiger partial charge in [0.15, 0.2) is 24.0 Å². The van der Waals surface area contributed by atoms with E-state index in [2.05, 4.69) is 47.7 Å². The highest BCUT2D eigenvalue weighted by Crippen LogP contribution is 2.51. The number of methoxy groups -OCH3 is 2. The summed E-state index contributed by atoms with van der Waals surface area (Å²) in [6.45, 7) is 15.1. The van der Waals surface area contributed by atoms with Crippen LogP contribution in [0.4, 0.5) is 0 Å². The summed E-state index contributed by atoms with van der Waals surface area (Å²) < 4.78 is 29.8. The lowest BCUT2D eigenvalue weighted by molar-refractivity contribution is 0.0503. The van der Waals surface area contributed by atoms with Gasteiger partial charge in [-0.25, -0.2) is 0 Å². The van der Waals surface area contributed by atoms with Crippen molar-refractivity contribution in [2.75, 3.05) is 21.0 Å². The molecule has 0 spiro atoms. The van der Waals surface area contributed by atoms with Crippen molar-refractivity contribution in [2.45, 2.75) is 71.2 Å². The number of aryl methyl sites for hydroxylation is 1. The third-order valence-electron chi connectivity index (χ3n) is 6.72. The molecule has 1 aliphatic heterocycles. The first-order valence-corrected chi connectivity index (χ1v) is 14.6. The minimum absolute atomic E-state index is 0.0459. The monoisotopic (exact) mass is 486 g/mol. The van der Waals surface area contributed by atoms with Crippen LogP contribution in [0.15, 0.2) is 30.3 Å². The number of fused-ring (bicyclic) bond motifs is 1. The summed E-state index contributed by atoms with van der Waals surface area (Å²) in [7, 11) is 0.835. The largest absolute Gasteiger partial charge is 0.539 e. The van der Waals surface area contributed by atoms with Gasteiger partial charge >= 0.3 is 0 Å². The molecule has 7 heteroatoms. The fraction of sp³-hybridized carbons (Fsp3) is 0.519. The maximum absolute atomic E-state index is 13.9. The molecule has 0 aliphatic carbocycles. The molecule has 0 aromatic heterocycles. The standard InChI is InChI=1S/C27H38O6Si/c1-26(2,3)34(8,9)33-25-23-18(14-15-27(4,5)32-23)16-20(24(25)30-7)22(28)19-12-10-11-13-21(19)31-17-29-6/h10-13,16H,14-15,17H2,1-9H3. The highest BCUT2D eigenvalue weighted by atomic mass is 28.4. The molecule has 1 aliphatic rings. The van der Waals surface area contributed by atoms with Crippen LogP contribution in [0.5, 0.6) is 23.0 Å². The predicted octanol–water partition coefficient (Wildman–Crippen LogP) is 6.40. The maximum Gasteiger partial charge on any atom is 0.250 e. The fourth-order valence-electron chi connectivity index (χ4n) is 3.66. The van der Waals surface area contributed by atoms with Crippen LogP contribution in [0.3, 0.4) is 0 Å². The molecule has 0 saturated carbocycles. The first-order valence-electron chi connectivity index (χ1n) is 11.7. The van der Waals surface area contributed by atoms with Crippen LogP contribution >= 0.6 is 0 Å². The summed E-state index contributed by atoms with van der Waals surface area (Å²) in [5.74, 6) is 1.86. The first-order chi connectivity index (χ1) is 15.8. The van der Waals surface area contributed by atoms with Crippen LogP contribution in [0.1, 0.15) is 62.5 Å². The van der Waals surface area contributed by atoms with Crippen molar-refractivity contribution in [1.29, 1.82) is 0 Å². The van der Waals surface area contributed by atoms with Gasteiger partial charge in [0, 0.05) is 7.11 Å². The number of benzene rings is 2. The lowest BCUT2D eigenvalue weighted by atomic mass is 9.91. The van der Waals surface area contributed by atoms with E-state index in [-0.39, 0.29) is 23.2 Å². The second-order valence-electron chi connectivity index (χ2n) is 10.9. The van der Waals surface area contributed by atoms with Crippen molar-refractivity contribution in [3.63, 3.8) is 0 Å². The van der Waals surface area contributed by atoms with Crippen molar-refractivity contribution in [2.24, 2.45) is 0 Å². The smallest absolute Gasteiger partial charge is 0.250 e. The quantitative estimate of drug-likeness (QED) is 0.244. The third kappa shape index (κ3) is 5.25. The number of para-hydroxylation sites is 1. The zero-order valence-electron chi connectivity index (χ0n) is 22.0. The molecule has 34 heavy (non-hydrogen) atoms. The van der Waals surface area contributed by atoms with Gasteiger partial charge < -0.3 is 23.4 Å². The number of ketones is 1. The Bertz CT molecular complexity index is 1050. The predicted molar refractivity (Wildman–Crippen MR) is 136 cm³/mol. The van der Waals surface area contributed by atoms with Gasteiger partial charge in [-0.15, -0.1) is 0 Å². The summed E-state index contributed by atoms with van der Waals surface area (Å²) >= 11 is 0. The lowest BCUT2D eigenvalue weighted by Gasteiger charge is -2.40. The summed E-state index contributed by atoms with van der Waals surface area (Å²) in [5.41, 5.74) is 1.49. The summed E-state index contributed by atoms with van der Waals surface area (Å²) in [6, 6.07) is 9.04. The third-order valence-corrected chi connectivity index (χ3v) is 11.0. The summed E-state index contributed by atoms with van der Waals surface area (Å²) in [4.78, 5) is 13.9. The molecule has 3 rings (SSSR count). The van der Waals surface area contributed by atoms with Crippen molar-refractivity contribution < 1.29 is 28.2 Å². The molecule has 0 radical (unpaired) electrons. The van der Waals surface area contributed by atoms with E-state index in [1.165, 1.54) is 0 Å². The second-order valence-corrected chi connectivity index (χ2v) is 15.6. The van der Waals surface area contributed by atoms with Gasteiger partial charge in [0.1, 0.15) is 11.4 Å². The van der Waals surface area contributed by atoms with E-state index in [0.29, 0.717) is 34.1 Å². The Morgan fingerprint density at radius 3 is 2.38 bits per heavy atom. The molecular formula is C27H38O6Si. The van der Waals surface area contributed by atoms with Gasteiger partial charge in [0.2, 0.25) is 5.78 Å². The normalized spacial score (nSPS) is 15.2. The van der Waals surface area contributed by atoms with Crippen molar-refractivity contribution in [3.05, 3.63) is 47.0 Å². The molecule has 0 saturated heterocycles. The van der Waals surface area contributed by atoms with Gasteiger partial charge in [-0.05, 0) is 68.6 Å². The Balaban J connectivity index is 2.21. The zero-order chi connectivity index (χ0) is 25.3. The van der Waals surface area contributed by atoms with Crippen molar-refractivity contribution in [3.8, 4) is 23.0 Å². The van der Waals surface area contributed by atoms with Gasteiger partial charge in [0.25, 0.3) is 8.32 Å². The molecular weight excluding hydrogens is 448 g/mol. The Morgan fingerprint density at radius 2 is 1.76 bits per heavy atom. The van der Waals surface area contributed by atoms with Crippen molar-refractivity contribution in [1.82, 2.24) is 0 Å². The highest BCUT2D eigenvalue weighted by Gasteiger charge is 2.42. The molecule has 0 fully saturated rings. The first kappa shape index (κ1) is 26.1. The van der Waals surface area contributed by atoms with Crippen LogP contribution in [0, 0.1) is 0 Å². The minimum atomic E-state index is -2.28. The molecule has 0 bridgehead atoms. The number of rotatable bonds is 8. The Morgan fingerprint density at radius 1 is 1.09 bits per heavy atom. The van der Waals surface area contributed by atoms with Crippen LogP contribution in [0.2, 0.25) is 18.1 Å². The van der Waals surface area contributed by atoms with Gasteiger partial charge in [0.05, 0.1) is 18.2 Å². The lowest BCUT2D eigenvalue weighted by Crippen LogP contribution is -2.44. The Kier molecular flexibility index (Phi) is 7.39. The Labute approximate surface area is 204 Å². The average Bonchev–Trinajstić information content (AvgIpc) is 2.76. The van der Waals surface area contributed by atoms with E-state index in [1.54, 1.807) is 26.4 Å². The van der Waals surface area contributed by atoms with Gasteiger partial charge in [-0.3, -0.25) is 4.79 Å². The van der Waals surface area contributed by atoms with Crippen molar-refractivity contribution >= 4 is 14.1 Å². The number of hydrogen-bond donors (Lipinski definition) is 0. The van der Waals surface area contributed by atoms with E-state index in [9.17, 15) is 4.79 Å². The summed E-state index contributed by atoms with van der Waals surface area (Å²) in [5, 5.41) is -0.0459. The van der Waals surface area contributed by atoms with Crippen LogP contribution in [-0.4, -0.2) is 40.7 Å². The maximum atomic E-state index is 13.9. The topological polar surface area (TPSA) is 63.2 Å². The molecule has 2 aromatic rings. The molecule has 0 N–H and O–H groups in total. The van der Waals surface area contributed by atoms with E-state index in [1.807, 2.05) is 18.2 Å².